The van der Waals surface area contributed by atoms with Gasteiger partial charge in [0.1, 0.15) is 17.1 Å². The minimum Gasteiger partial charge on any atom is -0.508 e. The first-order valence-corrected chi connectivity index (χ1v) is 8.25. The minimum atomic E-state index is -0.664. The monoisotopic (exact) mass is 366 g/mol. The van der Waals surface area contributed by atoms with Gasteiger partial charge in [-0.05, 0) is 57.7 Å². The van der Waals surface area contributed by atoms with Crippen molar-refractivity contribution in [1.29, 1.82) is 0 Å². The molecule has 0 amide bonds. The molecule has 0 aliphatic rings. The number of hydrogen-bond acceptors (Lipinski definition) is 6. The second kappa shape index (κ2) is 17.1. The summed E-state index contributed by atoms with van der Waals surface area (Å²) in [6.45, 7) is 14.6. The van der Waals surface area contributed by atoms with Crippen molar-refractivity contribution in [2.45, 2.75) is 39.5 Å². The molecular weight excluding hydrogens is 336 g/mol. The van der Waals surface area contributed by atoms with Crippen LogP contribution in [0, 0.1) is 0 Å². The van der Waals surface area contributed by atoms with E-state index < -0.39 is 5.97 Å². The van der Waals surface area contributed by atoms with E-state index in [1.54, 1.807) is 0 Å². The molecule has 0 bridgehead atoms. The molecule has 0 aromatic heterocycles. The zero-order chi connectivity index (χ0) is 20.4. The summed E-state index contributed by atoms with van der Waals surface area (Å²) in [5.41, 5.74) is 1.12. The lowest BCUT2D eigenvalue weighted by atomic mass is 10.2. The summed E-state index contributed by atoms with van der Waals surface area (Å²) in [4.78, 5) is 21.5. The summed E-state index contributed by atoms with van der Waals surface area (Å²) in [5.74, 6) is -0.994. The normalized spacial score (nSPS) is 8.85. The number of rotatable bonds is 9. The maximum Gasteiger partial charge on any atom is 0.342 e. The molecule has 6 heteroatoms. The fourth-order valence-electron chi connectivity index (χ4n) is 1.62. The van der Waals surface area contributed by atoms with Crippen LogP contribution in [0.3, 0.4) is 0 Å². The van der Waals surface area contributed by atoms with Gasteiger partial charge in [-0.2, -0.15) is 0 Å². The Bertz CT molecular complexity index is 535. The van der Waals surface area contributed by atoms with Gasteiger partial charge in [0.2, 0.25) is 0 Å². The zero-order valence-corrected chi connectivity index (χ0v) is 15.7. The Hall–Kier alpha value is -2.76. The van der Waals surface area contributed by atoms with Crippen molar-refractivity contribution in [3.63, 3.8) is 0 Å². The molecule has 0 heterocycles. The number of carbonyl (C=O) groups is 2. The fourth-order valence-corrected chi connectivity index (χ4v) is 1.62. The summed E-state index contributed by atoms with van der Waals surface area (Å²) in [7, 11) is 0. The number of aromatic hydroxyl groups is 2. The van der Waals surface area contributed by atoms with E-state index >= 15 is 0 Å². The number of benzene rings is 1. The Morgan fingerprint density at radius 1 is 1.08 bits per heavy atom. The van der Waals surface area contributed by atoms with Gasteiger partial charge in [0.25, 0.3) is 6.47 Å². The van der Waals surface area contributed by atoms with Crippen molar-refractivity contribution in [2.24, 2.45) is 0 Å². The largest absolute Gasteiger partial charge is 0.508 e. The average molecular weight is 366 g/mol. The number of unbranched alkanes of at least 4 members (excludes halogenated alkanes) is 3. The van der Waals surface area contributed by atoms with Gasteiger partial charge in [-0.25, -0.2) is 4.79 Å². The van der Waals surface area contributed by atoms with Gasteiger partial charge in [0, 0.05) is 0 Å². The Kier molecular flexibility index (Phi) is 16.7. The number of hydrogen-bond donors (Lipinski definition) is 2. The van der Waals surface area contributed by atoms with Crippen LogP contribution in [0.15, 0.2) is 43.5 Å². The van der Waals surface area contributed by atoms with E-state index in [1.165, 1.54) is 17.7 Å². The number of carbonyl (C=O) groups excluding carboxylic acids is 2. The second-order valence-electron chi connectivity index (χ2n) is 5.43. The van der Waals surface area contributed by atoms with Gasteiger partial charge in [0.05, 0.1) is 13.2 Å². The van der Waals surface area contributed by atoms with Crippen molar-refractivity contribution in [3.8, 4) is 11.5 Å². The molecule has 2 N–H and O–H groups in total. The Labute approximate surface area is 155 Å². The molecule has 146 valence electrons. The Balaban J connectivity index is 0. The Morgan fingerprint density at radius 3 is 2.15 bits per heavy atom. The van der Waals surface area contributed by atoms with Gasteiger partial charge >= 0.3 is 5.97 Å². The first-order chi connectivity index (χ1) is 12.4. The fraction of sp³-hybridized carbons (Fsp3) is 0.400. The van der Waals surface area contributed by atoms with Gasteiger partial charge in [-0.15, -0.1) is 19.7 Å². The topological polar surface area (TPSA) is 93.1 Å². The molecule has 0 aliphatic heterocycles. The molecular formula is C20H30O6. The molecule has 6 nitrogen and oxygen atoms in total. The number of phenols is 2. The number of allylic oxidation sites excluding steroid dienone is 1. The van der Waals surface area contributed by atoms with Crippen molar-refractivity contribution >= 4 is 12.4 Å². The van der Waals surface area contributed by atoms with Crippen LogP contribution in [0.2, 0.25) is 0 Å². The lowest BCUT2D eigenvalue weighted by Gasteiger charge is -2.06. The highest BCUT2D eigenvalue weighted by Crippen LogP contribution is 2.22. The van der Waals surface area contributed by atoms with Crippen LogP contribution in [-0.2, 0) is 14.3 Å². The van der Waals surface area contributed by atoms with Crippen molar-refractivity contribution in [3.05, 3.63) is 49.1 Å². The Morgan fingerprint density at radius 2 is 1.62 bits per heavy atom. The molecule has 0 saturated carbocycles. The van der Waals surface area contributed by atoms with E-state index in [9.17, 15) is 19.8 Å². The van der Waals surface area contributed by atoms with E-state index in [2.05, 4.69) is 24.5 Å². The van der Waals surface area contributed by atoms with E-state index in [1.807, 2.05) is 13.8 Å². The molecule has 0 spiro atoms. The molecule has 0 unspecified atom stereocenters. The van der Waals surface area contributed by atoms with Crippen molar-refractivity contribution in [2.75, 3.05) is 13.2 Å². The van der Waals surface area contributed by atoms with Crippen LogP contribution in [0.1, 0.15) is 49.9 Å². The third kappa shape index (κ3) is 14.8. The zero-order valence-electron chi connectivity index (χ0n) is 15.7. The van der Waals surface area contributed by atoms with E-state index in [0.29, 0.717) is 19.5 Å². The summed E-state index contributed by atoms with van der Waals surface area (Å²) < 4.78 is 9.54. The molecule has 0 radical (unpaired) electrons. The van der Waals surface area contributed by atoms with Gasteiger partial charge in [0.15, 0.2) is 0 Å². The second-order valence-corrected chi connectivity index (χ2v) is 5.43. The van der Waals surface area contributed by atoms with Crippen LogP contribution >= 0.6 is 0 Å². The predicted molar refractivity (Wildman–Crippen MR) is 102 cm³/mol. The summed E-state index contributed by atoms with van der Waals surface area (Å²) in [5, 5.41) is 18.7. The maximum atomic E-state index is 11.6. The van der Waals surface area contributed by atoms with Crippen LogP contribution in [-0.4, -0.2) is 35.9 Å². The van der Waals surface area contributed by atoms with Crippen molar-refractivity contribution in [1.82, 2.24) is 0 Å². The number of ether oxygens (including phenoxy) is 2. The maximum absolute atomic E-state index is 11.6. The number of phenolic OH excluding ortho intramolecular Hbond substituents is 2. The smallest absolute Gasteiger partial charge is 0.342 e. The molecule has 1 rings (SSSR count). The van der Waals surface area contributed by atoms with Gasteiger partial charge < -0.3 is 19.7 Å². The summed E-state index contributed by atoms with van der Waals surface area (Å²) >= 11 is 0. The minimum absolute atomic E-state index is 0.0515. The third-order valence-electron chi connectivity index (χ3n) is 2.66. The van der Waals surface area contributed by atoms with Crippen LogP contribution in [0.5, 0.6) is 11.5 Å². The molecule has 0 fully saturated rings. The molecule has 0 atom stereocenters. The van der Waals surface area contributed by atoms with Crippen LogP contribution < -0.4 is 0 Å². The van der Waals surface area contributed by atoms with E-state index in [-0.39, 0.29) is 23.7 Å². The van der Waals surface area contributed by atoms with E-state index in [0.717, 1.165) is 25.3 Å². The molecule has 0 aliphatic carbocycles. The predicted octanol–water partition coefficient (Wildman–Crippen LogP) is 4.37. The SMILES string of the molecule is C=C.C=C(C)C.O=COCCCCCCOC(=O)c1cc(O)ccc1O. The number of esters is 1. The summed E-state index contributed by atoms with van der Waals surface area (Å²) in [6, 6.07) is 3.68. The lowest BCUT2D eigenvalue weighted by Crippen LogP contribution is -2.06. The molecule has 1 aromatic rings. The van der Waals surface area contributed by atoms with E-state index in [4.69, 9.17) is 4.74 Å². The molecule has 26 heavy (non-hydrogen) atoms. The quantitative estimate of drug-likeness (QED) is 0.222. The molecule has 0 saturated heterocycles. The first-order valence-electron chi connectivity index (χ1n) is 8.25. The first kappa shape index (κ1) is 25.5. The third-order valence-corrected chi connectivity index (χ3v) is 2.66. The van der Waals surface area contributed by atoms with Crippen molar-refractivity contribution < 1.29 is 29.3 Å². The highest BCUT2D eigenvalue weighted by atomic mass is 16.5. The highest BCUT2D eigenvalue weighted by Gasteiger charge is 2.13. The molecule has 1 aromatic carbocycles. The average Bonchev–Trinajstić information content (AvgIpc) is 2.60. The standard InChI is InChI=1S/C14H18O6.C4H8.C2H4/c15-10-19-7-3-1-2-4-8-20-14(18)12-9-11(16)5-6-13(12)17;1-4(2)3;1-2/h5-6,9-10,16-17H,1-4,7-8H2;1H2,2-3H3;1-2H2. The van der Waals surface area contributed by atoms with Crippen LogP contribution in [0.25, 0.3) is 0 Å². The van der Waals surface area contributed by atoms with Crippen LogP contribution in [0.4, 0.5) is 0 Å². The van der Waals surface area contributed by atoms with Gasteiger partial charge in [-0.3, -0.25) is 4.79 Å². The summed E-state index contributed by atoms with van der Waals surface area (Å²) in [6.07, 6.45) is 3.19. The van der Waals surface area contributed by atoms with Gasteiger partial charge in [-0.1, -0.05) is 5.57 Å². The highest BCUT2D eigenvalue weighted by molar-refractivity contribution is 5.92. The lowest BCUT2D eigenvalue weighted by molar-refractivity contribution is -0.128.